The van der Waals surface area contributed by atoms with E-state index in [1.165, 1.54) is 9.80 Å². The maximum Gasteiger partial charge on any atom is 0.329 e. The molecular formula is C16H21ClN3O2+. The minimum atomic E-state index is -0.985. The normalized spacial score (nSPS) is 25.8. The van der Waals surface area contributed by atoms with Gasteiger partial charge in [0.25, 0.3) is 5.91 Å². The van der Waals surface area contributed by atoms with Gasteiger partial charge in [0.05, 0.1) is 13.1 Å². The first-order valence-electron chi connectivity index (χ1n) is 7.80. The molecule has 2 saturated heterocycles. The summed E-state index contributed by atoms with van der Waals surface area (Å²) in [4.78, 5) is 28.0. The van der Waals surface area contributed by atoms with Crippen molar-refractivity contribution in [1.29, 1.82) is 0 Å². The van der Waals surface area contributed by atoms with Crippen molar-refractivity contribution in [2.45, 2.75) is 31.7 Å². The average Bonchev–Trinajstić information content (AvgIpc) is 3.10. The number of carbonyl (C=O) groups is 2. The molecule has 1 aromatic carbocycles. The molecule has 1 aromatic rings. The van der Waals surface area contributed by atoms with E-state index in [1.54, 1.807) is 12.1 Å². The molecule has 2 heterocycles. The van der Waals surface area contributed by atoms with Crippen LogP contribution >= 0.6 is 11.6 Å². The number of rotatable bonds is 4. The molecule has 1 atom stereocenters. The van der Waals surface area contributed by atoms with Crippen molar-refractivity contribution >= 4 is 23.5 Å². The molecule has 6 heteroatoms. The predicted molar refractivity (Wildman–Crippen MR) is 83.6 cm³/mol. The summed E-state index contributed by atoms with van der Waals surface area (Å²) in [5, 5.41) is 3.47. The molecule has 5 nitrogen and oxygen atoms in total. The van der Waals surface area contributed by atoms with Crippen molar-refractivity contribution in [3.8, 4) is 0 Å². The molecule has 0 spiro atoms. The van der Waals surface area contributed by atoms with Crippen molar-refractivity contribution in [2.24, 2.45) is 0 Å². The standard InChI is InChI=1S/C16H20ClN3O2/c1-2-16(12-6-5-7-13(17)10-12)14(21)20(15(22)18-16)11-19-8-3-4-9-19/h5-7,10H,2-4,8-9,11H2,1H3,(H,18,22)/p+1/t16-/m1/s1. The van der Waals surface area contributed by atoms with Crippen molar-refractivity contribution in [3.63, 3.8) is 0 Å². The zero-order chi connectivity index (χ0) is 15.7. The van der Waals surface area contributed by atoms with Crippen molar-refractivity contribution < 1.29 is 14.5 Å². The number of hydrogen-bond donors (Lipinski definition) is 2. The van der Waals surface area contributed by atoms with Crippen molar-refractivity contribution in [3.05, 3.63) is 34.9 Å². The molecule has 0 bridgehead atoms. The zero-order valence-corrected chi connectivity index (χ0v) is 13.4. The molecule has 2 aliphatic heterocycles. The minimum absolute atomic E-state index is 0.165. The van der Waals surface area contributed by atoms with Gasteiger partial charge < -0.3 is 10.2 Å². The molecule has 0 saturated carbocycles. The largest absolute Gasteiger partial charge is 0.329 e. The number of carbonyl (C=O) groups excluding carboxylic acids is 2. The van der Waals surface area contributed by atoms with Gasteiger partial charge in [-0.25, -0.2) is 9.69 Å². The quantitative estimate of drug-likeness (QED) is 0.817. The highest BCUT2D eigenvalue weighted by atomic mass is 35.5. The first kappa shape index (κ1) is 15.3. The maximum atomic E-state index is 13.0. The number of benzene rings is 1. The predicted octanol–water partition coefficient (Wildman–Crippen LogP) is 1.13. The van der Waals surface area contributed by atoms with E-state index >= 15 is 0 Å². The van der Waals surface area contributed by atoms with Gasteiger partial charge >= 0.3 is 6.03 Å². The Morgan fingerprint density at radius 3 is 2.68 bits per heavy atom. The Morgan fingerprint density at radius 2 is 2.05 bits per heavy atom. The average molecular weight is 323 g/mol. The maximum absolute atomic E-state index is 13.0. The number of quaternary nitrogens is 1. The van der Waals surface area contributed by atoms with E-state index in [-0.39, 0.29) is 11.9 Å². The SMILES string of the molecule is CC[C@]1(c2cccc(Cl)c2)NC(=O)N(C[NH+]2CCCC2)C1=O. The fraction of sp³-hybridized carbons (Fsp3) is 0.500. The van der Waals surface area contributed by atoms with E-state index < -0.39 is 5.54 Å². The molecule has 2 N–H and O–H groups in total. The fourth-order valence-corrected chi connectivity index (χ4v) is 3.61. The number of urea groups is 1. The summed E-state index contributed by atoms with van der Waals surface area (Å²) in [7, 11) is 0. The third kappa shape index (κ3) is 2.48. The van der Waals surface area contributed by atoms with Crippen LogP contribution in [0.15, 0.2) is 24.3 Å². The fourth-order valence-electron chi connectivity index (χ4n) is 3.42. The van der Waals surface area contributed by atoms with E-state index in [2.05, 4.69) is 5.32 Å². The number of amides is 3. The molecule has 3 amide bonds. The molecule has 22 heavy (non-hydrogen) atoms. The number of imide groups is 1. The van der Waals surface area contributed by atoms with Gasteiger partial charge in [-0.05, 0) is 24.1 Å². The molecular weight excluding hydrogens is 302 g/mol. The van der Waals surface area contributed by atoms with Crippen LogP contribution in [0.25, 0.3) is 0 Å². The Bertz CT molecular complexity index is 601. The lowest BCUT2D eigenvalue weighted by Crippen LogP contribution is -3.11. The van der Waals surface area contributed by atoms with Gasteiger partial charge in [-0.15, -0.1) is 0 Å². The van der Waals surface area contributed by atoms with Gasteiger partial charge in [-0.3, -0.25) is 4.79 Å². The van der Waals surface area contributed by atoms with Gasteiger partial charge in [0.15, 0.2) is 6.67 Å². The summed E-state index contributed by atoms with van der Waals surface area (Å²) >= 11 is 6.06. The monoisotopic (exact) mass is 322 g/mol. The number of nitrogens with zero attached hydrogens (tertiary/aromatic N) is 1. The molecule has 0 aliphatic carbocycles. The second-order valence-corrected chi connectivity index (χ2v) is 6.48. The first-order chi connectivity index (χ1) is 10.6. The van der Waals surface area contributed by atoms with Gasteiger partial charge in [0, 0.05) is 17.9 Å². The van der Waals surface area contributed by atoms with Crippen LogP contribution in [-0.4, -0.2) is 36.6 Å². The van der Waals surface area contributed by atoms with Crippen LogP contribution in [0.4, 0.5) is 4.79 Å². The van der Waals surface area contributed by atoms with Gasteiger partial charge in [-0.2, -0.15) is 0 Å². The van der Waals surface area contributed by atoms with Gasteiger partial charge in [-0.1, -0.05) is 30.7 Å². The van der Waals surface area contributed by atoms with Crippen LogP contribution < -0.4 is 10.2 Å². The molecule has 0 aromatic heterocycles. The van der Waals surface area contributed by atoms with E-state index in [0.717, 1.165) is 31.5 Å². The summed E-state index contributed by atoms with van der Waals surface area (Å²) in [5.74, 6) is -0.165. The molecule has 118 valence electrons. The lowest BCUT2D eigenvalue weighted by molar-refractivity contribution is -0.894. The summed E-state index contributed by atoms with van der Waals surface area (Å²) < 4.78 is 0. The van der Waals surface area contributed by atoms with Crippen LogP contribution in [0, 0.1) is 0 Å². The third-order valence-corrected chi connectivity index (χ3v) is 4.95. The smallest absolute Gasteiger partial charge is 0.319 e. The Labute approximate surface area is 135 Å². The topological polar surface area (TPSA) is 53.9 Å². The lowest BCUT2D eigenvalue weighted by Gasteiger charge is -2.26. The number of halogens is 1. The molecule has 3 rings (SSSR count). The summed E-state index contributed by atoms with van der Waals surface area (Å²) in [6, 6.07) is 6.88. The van der Waals surface area contributed by atoms with Gasteiger partial charge in [0.2, 0.25) is 0 Å². The highest BCUT2D eigenvalue weighted by Crippen LogP contribution is 2.33. The Morgan fingerprint density at radius 1 is 1.32 bits per heavy atom. The Balaban J connectivity index is 1.89. The number of nitrogens with one attached hydrogen (secondary N) is 2. The molecule has 2 aliphatic rings. The Hall–Kier alpha value is -1.59. The van der Waals surface area contributed by atoms with Crippen LogP contribution in [0.3, 0.4) is 0 Å². The summed E-state index contributed by atoms with van der Waals surface area (Å²) in [6.07, 6.45) is 2.82. The van der Waals surface area contributed by atoms with E-state index in [1.807, 2.05) is 19.1 Å². The minimum Gasteiger partial charge on any atom is -0.319 e. The second kappa shape index (κ2) is 5.89. The van der Waals surface area contributed by atoms with Crippen molar-refractivity contribution in [1.82, 2.24) is 10.2 Å². The Kier molecular flexibility index (Phi) is 4.10. The van der Waals surface area contributed by atoms with Crippen LogP contribution in [0.2, 0.25) is 5.02 Å². The first-order valence-corrected chi connectivity index (χ1v) is 8.18. The summed E-state index contributed by atoms with van der Waals surface area (Å²) in [6.45, 7) is 4.40. The molecule has 0 radical (unpaired) electrons. The molecule has 2 fully saturated rings. The highest BCUT2D eigenvalue weighted by Gasteiger charge is 2.52. The number of hydrogen-bond acceptors (Lipinski definition) is 2. The van der Waals surface area contributed by atoms with Crippen molar-refractivity contribution in [2.75, 3.05) is 19.8 Å². The second-order valence-electron chi connectivity index (χ2n) is 6.05. The highest BCUT2D eigenvalue weighted by molar-refractivity contribution is 6.30. The van der Waals surface area contributed by atoms with Crippen LogP contribution in [0.5, 0.6) is 0 Å². The van der Waals surface area contributed by atoms with Crippen LogP contribution in [0.1, 0.15) is 31.7 Å². The zero-order valence-electron chi connectivity index (χ0n) is 12.7. The number of likely N-dealkylation sites (tertiary alicyclic amines) is 1. The van der Waals surface area contributed by atoms with E-state index in [9.17, 15) is 9.59 Å². The van der Waals surface area contributed by atoms with E-state index in [0.29, 0.717) is 18.1 Å². The van der Waals surface area contributed by atoms with Crippen LogP contribution in [-0.2, 0) is 10.3 Å². The van der Waals surface area contributed by atoms with Gasteiger partial charge in [0.1, 0.15) is 5.54 Å². The summed E-state index contributed by atoms with van der Waals surface area (Å²) in [5.41, 5.74) is -0.235. The molecule has 0 unspecified atom stereocenters. The third-order valence-electron chi connectivity index (χ3n) is 4.72. The lowest BCUT2D eigenvalue weighted by atomic mass is 9.87. The van der Waals surface area contributed by atoms with E-state index in [4.69, 9.17) is 11.6 Å².